The van der Waals surface area contributed by atoms with E-state index in [1.807, 2.05) is 0 Å². The summed E-state index contributed by atoms with van der Waals surface area (Å²) in [6, 6.07) is 0. The fourth-order valence-electron chi connectivity index (χ4n) is 2.57. The van der Waals surface area contributed by atoms with Crippen molar-refractivity contribution in [3.8, 4) is 0 Å². The molecule has 0 amide bonds. The third-order valence-corrected chi connectivity index (χ3v) is 3.74. The van der Waals surface area contributed by atoms with Crippen molar-refractivity contribution in [2.24, 2.45) is 0 Å². The van der Waals surface area contributed by atoms with Gasteiger partial charge in [-0.1, -0.05) is 57.4 Å². The van der Waals surface area contributed by atoms with Crippen molar-refractivity contribution >= 4 is 5.97 Å². The van der Waals surface area contributed by atoms with Crippen LogP contribution in [0.25, 0.3) is 0 Å². The van der Waals surface area contributed by atoms with Gasteiger partial charge in [-0.05, 0) is 25.7 Å². The first kappa shape index (κ1) is 15.3. The van der Waals surface area contributed by atoms with Gasteiger partial charge in [-0.15, -0.1) is 0 Å². The van der Waals surface area contributed by atoms with Crippen molar-refractivity contribution < 1.29 is 9.53 Å². The van der Waals surface area contributed by atoms with Crippen LogP contribution in [0, 0.1) is 0 Å². The van der Waals surface area contributed by atoms with Gasteiger partial charge in [-0.2, -0.15) is 0 Å². The largest absolute Gasteiger partial charge is 0.466 e. The third-order valence-electron chi connectivity index (χ3n) is 3.74. The smallest absolute Gasteiger partial charge is 0.333 e. The zero-order chi connectivity index (χ0) is 13.1. The number of hydrogen-bond acceptors (Lipinski definition) is 2. The summed E-state index contributed by atoms with van der Waals surface area (Å²) in [5.41, 5.74) is 0.898. The summed E-state index contributed by atoms with van der Waals surface area (Å²) in [6.07, 6.45) is 17.1. The first-order chi connectivity index (χ1) is 8.84. The average Bonchev–Trinajstić information content (AvgIpc) is 2.40. The number of ether oxygens (including phenoxy) is 1. The minimum Gasteiger partial charge on any atom is -0.466 e. The SMILES string of the molecule is COC(=O)/C1=C\CCCCCCCCCCCC1. The van der Waals surface area contributed by atoms with Crippen molar-refractivity contribution in [1.82, 2.24) is 0 Å². The fourth-order valence-corrected chi connectivity index (χ4v) is 2.57. The van der Waals surface area contributed by atoms with Gasteiger partial charge in [-0.25, -0.2) is 4.79 Å². The van der Waals surface area contributed by atoms with Gasteiger partial charge in [0.1, 0.15) is 0 Å². The van der Waals surface area contributed by atoms with Gasteiger partial charge in [0.05, 0.1) is 7.11 Å². The zero-order valence-electron chi connectivity index (χ0n) is 11.9. The Morgan fingerprint density at radius 1 is 0.889 bits per heavy atom. The molecule has 0 fully saturated rings. The predicted molar refractivity (Wildman–Crippen MR) is 75.5 cm³/mol. The van der Waals surface area contributed by atoms with E-state index >= 15 is 0 Å². The summed E-state index contributed by atoms with van der Waals surface area (Å²) in [5.74, 6) is -0.123. The maximum atomic E-state index is 11.6. The van der Waals surface area contributed by atoms with E-state index in [9.17, 15) is 4.79 Å². The summed E-state index contributed by atoms with van der Waals surface area (Å²) in [5, 5.41) is 0. The van der Waals surface area contributed by atoms with Gasteiger partial charge in [-0.3, -0.25) is 0 Å². The maximum absolute atomic E-state index is 11.6. The maximum Gasteiger partial charge on any atom is 0.333 e. The number of allylic oxidation sites excluding steroid dienone is 1. The fraction of sp³-hybridized carbons (Fsp3) is 0.812. The summed E-state index contributed by atoms with van der Waals surface area (Å²) in [4.78, 5) is 11.6. The highest BCUT2D eigenvalue weighted by atomic mass is 16.5. The van der Waals surface area contributed by atoms with Crippen LogP contribution in [-0.4, -0.2) is 13.1 Å². The molecule has 2 heteroatoms. The van der Waals surface area contributed by atoms with Gasteiger partial charge in [0.15, 0.2) is 0 Å². The van der Waals surface area contributed by atoms with E-state index in [-0.39, 0.29) is 5.97 Å². The Bertz CT molecular complexity index is 256. The molecule has 0 aliphatic heterocycles. The van der Waals surface area contributed by atoms with E-state index in [4.69, 9.17) is 4.74 Å². The van der Waals surface area contributed by atoms with Crippen molar-refractivity contribution in [3.63, 3.8) is 0 Å². The van der Waals surface area contributed by atoms with E-state index in [2.05, 4.69) is 6.08 Å². The zero-order valence-corrected chi connectivity index (χ0v) is 11.9. The number of carbonyl (C=O) groups is 1. The lowest BCUT2D eigenvalue weighted by Crippen LogP contribution is -2.05. The molecule has 1 aliphatic carbocycles. The van der Waals surface area contributed by atoms with Gasteiger partial charge in [0.2, 0.25) is 0 Å². The topological polar surface area (TPSA) is 26.3 Å². The van der Waals surface area contributed by atoms with E-state index < -0.39 is 0 Å². The molecule has 2 nitrogen and oxygen atoms in total. The lowest BCUT2D eigenvalue weighted by atomic mass is 10.0. The molecule has 1 aliphatic rings. The molecule has 0 radical (unpaired) electrons. The molecule has 0 spiro atoms. The summed E-state index contributed by atoms with van der Waals surface area (Å²) in [7, 11) is 1.48. The van der Waals surface area contributed by atoms with Crippen LogP contribution in [0.5, 0.6) is 0 Å². The molecule has 0 saturated heterocycles. The molecule has 0 aromatic carbocycles. The Morgan fingerprint density at radius 2 is 1.39 bits per heavy atom. The molecule has 0 aromatic rings. The molecule has 0 bridgehead atoms. The van der Waals surface area contributed by atoms with Crippen molar-refractivity contribution in [3.05, 3.63) is 11.6 Å². The van der Waals surface area contributed by atoms with Crippen LogP contribution in [0.3, 0.4) is 0 Å². The molecule has 1 rings (SSSR count). The Labute approximate surface area is 112 Å². The minimum atomic E-state index is -0.123. The van der Waals surface area contributed by atoms with Crippen LogP contribution in [-0.2, 0) is 9.53 Å². The van der Waals surface area contributed by atoms with Gasteiger partial charge < -0.3 is 4.74 Å². The molecule has 0 heterocycles. The molecule has 0 atom stereocenters. The molecular formula is C16H28O2. The van der Waals surface area contributed by atoms with Crippen molar-refractivity contribution in [1.29, 1.82) is 0 Å². The number of hydrogen-bond donors (Lipinski definition) is 0. The van der Waals surface area contributed by atoms with Gasteiger partial charge in [0, 0.05) is 5.57 Å². The Kier molecular flexibility index (Phi) is 8.62. The van der Waals surface area contributed by atoms with Crippen molar-refractivity contribution in [2.75, 3.05) is 7.11 Å². The highest BCUT2D eigenvalue weighted by Crippen LogP contribution is 2.17. The monoisotopic (exact) mass is 252 g/mol. The van der Waals surface area contributed by atoms with E-state index in [0.29, 0.717) is 0 Å². The quantitative estimate of drug-likeness (QED) is 0.628. The Hall–Kier alpha value is -0.790. The summed E-state index contributed by atoms with van der Waals surface area (Å²) < 4.78 is 4.85. The molecule has 0 saturated carbocycles. The van der Waals surface area contributed by atoms with Gasteiger partial charge in [0.25, 0.3) is 0 Å². The molecule has 104 valence electrons. The van der Waals surface area contributed by atoms with E-state index in [1.165, 1.54) is 64.9 Å². The first-order valence-electron chi connectivity index (χ1n) is 7.62. The molecule has 0 aromatic heterocycles. The lowest BCUT2D eigenvalue weighted by Gasteiger charge is -2.07. The van der Waals surface area contributed by atoms with Gasteiger partial charge >= 0.3 is 5.97 Å². The van der Waals surface area contributed by atoms with Crippen molar-refractivity contribution in [2.45, 2.75) is 77.0 Å². The molecule has 18 heavy (non-hydrogen) atoms. The number of carbonyl (C=O) groups excluding carboxylic acids is 1. The van der Waals surface area contributed by atoms with Crippen LogP contribution in [0.1, 0.15) is 77.0 Å². The van der Waals surface area contributed by atoms with Crippen LogP contribution in [0.2, 0.25) is 0 Å². The summed E-state index contributed by atoms with van der Waals surface area (Å²) in [6.45, 7) is 0. The first-order valence-corrected chi connectivity index (χ1v) is 7.62. The third kappa shape index (κ3) is 6.83. The second-order valence-corrected chi connectivity index (χ2v) is 5.30. The normalized spacial score (nSPS) is 23.5. The number of methoxy groups -OCH3 is 1. The second-order valence-electron chi connectivity index (χ2n) is 5.30. The van der Waals surface area contributed by atoms with Crippen LogP contribution in [0.15, 0.2) is 11.6 Å². The molecule has 0 unspecified atom stereocenters. The average molecular weight is 252 g/mol. The minimum absolute atomic E-state index is 0.123. The van der Waals surface area contributed by atoms with Crippen LogP contribution in [0.4, 0.5) is 0 Å². The highest BCUT2D eigenvalue weighted by molar-refractivity contribution is 5.88. The Morgan fingerprint density at radius 3 is 1.94 bits per heavy atom. The molecule has 0 N–H and O–H groups in total. The Balaban J connectivity index is 2.43. The predicted octanol–water partition coefficient (Wildman–Crippen LogP) is 4.78. The molecular weight excluding hydrogens is 224 g/mol. The van der Waals surface area contributed by atoms with Crippen LogP contribution >= 0.6 is 0 Å². The number of rotatable bonds is 1. The lowest BCUT2D eigenvalue weighted by molar-refractivity contribution is -0.136. The number of esters is 1. The van der Waals surface area contributed by atoms with E-state index in [0.717, 1.165) is 24.8 Å². The second kappa shape index (κ2) is 10.2. The summed E-state index contributed by atoms with van der Waals surface area (Å²) >= 11 is 0. The highest BCUT2D eigenvalue weighted by Gasteiger charge is 2.08. The van der Waals surface area contributed by atoms with E-state index in [1.54, 1.807) is 0 Å². The standard InChI is InChI=1S/C16H28O2/c1-18-16(17)15-13-11-9-7-5-3-2-4-6-8-10-12-14-15/h13H,2-12,14H2,1H3/b15-13-. The van der Waals surface area contributed by atoms with Crippen LogP contribution < -0.4 is 0 Å².